The van der Waals surface area contributed by atoms with E-state index in [1.54, 1.807) is 7.11 Å². The van der Waals surface area contributed by atoms with Gasteiger partial charge in [0.2, 0.25) is 0 Å². The van der Waals surface area contributed by atoms with E-state index in [0.717, 1.165) is 55.5 Å². The van der Waals surface area contributed by atoms with Crippen LogP contribution in [-0.4, -0.2) is 33.3 Å². The molecular weight excluding hydrogens is 440 g/mol. The lowest BCUT2D eigenvalue weighted by Crippen LogP contribution is -2.46. The molecule has 0 saturated carbocycles. The van der Waals surface area contributed by atoms with Gasteiger partial charge in [-0.25, -0.2) is 0 Å². The summed E-state index contributed by atoms with van der Waals surface area (Å²) >= 11 is 0. The van der Waals surface area contributed by atoms with Crippen molar-refractivity contribution in [3.63, 3.8) is 0 Å². The highest BCUT2D eigenvalue weighted by atomic mass is 16.5. The molecule has 4 aromatic rings. The molecule has 2 aliphatic rings. The fourth-order valence-electron chi connectivity index (χ4n) is 6.08. The van der Waals surface area contributed by atoms with Crippen LogP contribution >= 0.6 is 0 Å². The van der Waals surface area contributed by atoms with Crippen LogP contribution in [0.3, 0.4) is 0 Å². The van der Waals surface area contributed by atoms with Gasteiger partial charge in [-0.05, 0) is 73.8 Å². The number of hydrogen-bond acceptors (Lipinski definition) is 5. The van der Waals surface area contributed by atoms with E-state index in [-0.39, 0.29) is 6.42 Å². The van der Waals surface area contributed by atoms with E-state index in [1.807, 2.05) is 36.4 Å². The topological polar surface area (TPSA) is 61.8 Å². The van der Waals surface area contributed by atoms with Crippen LogP contribution in [0.15, 0.2) is 66.7 Å². The van der Waals surface area contributed by atoms with Crippen molar-refractivity contribution in [3.05, 3.63) is 89.0 Å². The molecule has 35 heavy (non-hydrogen) atoms. The maximum atomic E-state index is 13.4. The number of esters is 2. The first-order valence-electron chi connectivity index (χ1n) is 11.6. The molecule has 4 aromatic carbocycles. The molecule has 6 rings (SSSR count). The van der Waals surface area contributed by atoms with E-state index in [4.69, 9.17) is 14.2 Å². The van der Waals surface area contributed by atoms with Crippen LogP contribution < -0.4 is 4.74 Å². The third-order valence-electron chi connectivity index (χ3n) is 7.51. The van der Waals surface area contributed by atoms with E-state index >= 15 is 0 Å². The van der Waals surface area contributed by atoms with Gasteiger partial charge in [-0.2, -0.15) is 0 Å². The van der Waals surface area contributed by atoms with Crippen LogP contribution in [0.2, 0.25) is 0 Å². The molecule has 5 heteroatoms. The number of carbonyl (C=O) groups excluding carboxylic acids is 2. The molecular formula is C30H24O5. The molecule has 0 amide bonds. The fraction of sp³-hybridized carbons (Fsp3) is 0.200. The Hall–Kier alpha value is -4.12. The quantitative estimate of drug-likeness (QED) is 0.269. The summed E-state index contributed by atoms with van der Waals surface area (Å²) in [7, 11) is 4.31. The molecule has 0 spiro atoms. The summed E-state index contributed by atoms with van der Waals surface area (Å²) in [4.78, 5) is 26.8. The van der Waals surface area contributed by atoms with Crippen molar-refractivity contribution < 1.29 is 23.8 Å². The van der Waals surface area contributed by atoms with Gasteiger partial charge >= 0.3 is 11.9 Å². The number of methoxy groups -OCH3 is 3. The fourth-order valence-corrected chi connectivity index (χ4v) is 6.08. The SMILES string of the molecule is COC(=O)C1(C(=O)OC)Cc2cccc3c(-c4ccc(OC)cc4)c4c(c1c23)Cc1ccccc1-4. The van der Waals surface area contributed by atoms with Gasteiger partial charge in [-0.1, -0.05) is 54.6 Å². The van der Waals surface area contributed by atoms with Crippen molar-refractivity contribution >= 4 is 22.7 Å². The van der Waals surface area contributed by atoms with Gasteiger partial charge < -0.3 is 14.2 Å². The first kappa shape index (κ1) is 21.4. The van der Waals surface area contributed by atoms with Crippen molar-refractivity contribution in [1.82, 2.24) is 0 Å². The minimum atomic E-state index is -1.53. The largest absolute Gasteiger partial charge is 0.497 e. The second-order valence-corrected chi connectivity index (χ2v) is 9.07. The Bertz CT molecular complexity index is 1520. The Balaban J connectivity index is 1.79. The highest BCUT2D eigenvalue weighted by Gasteiger charge is 2.56. The van der Waals surface area contributed by atoms with Crippen LogP contribution in [0.1, 0.15) is 22.3 Å². The molecule has 0 fully saturated rings. The Morgan fingerprint density at radius 2 is 1.46 bits per heavy atom. The summed E-state index contributed by atoms with van der Waals surface area (Å²) in [6.07, 6.45) is 0.845. The number of carbonyl (C=O) groups is 2. The normalized spacial score (nSPS) is 14.4. The molecule has 5 nitrogen and oxygen atoms in total. The van der Waals surface area contributed by atoms with E-state index in [0.29, 0.717) is 6.42 Å². The number of benzene rings is 4. The average Bonchev–Trinajstić information content (AvgIpc) is 3.46. The number of rotatable bonds is 4. The Morgan fingerprint density at radius 1 is 0.771 bits per heavy atom. The van der Waals surface area contributed by atoms with E-state index < -0.39 is 17.4 Å². The maximum Gasteiger partial charge on any atom is 0.328 e. The predicted octanol–water partition coefficient (Wildman–Crippen LogP) is 5.23. The highest BCUT2D eigenvalue weighted by Crippen LogP contribution is 2.56. The molecule has 0 aromatic heterocycles. The van der Waals surface area contributed by atoms with Gasteiger partial charge in [-0.3, -0.25) is 9.59 Å². The zero-order valence-electron chi connectivity index (χ0n) is 19.8. The molecule has 0 atom stereocenters. The summed E-state index contributed by atoms with van der Waals surface area (Å²) in [5.41, 5.74) is 6.63. The zero-order chi connectivity index (χ0) is 24.3. The molecule has 0 N–H and O–H groups in total. The average molecular weight is 465 g/mol. The summed E-state index contributed by atoms with van der Waals surface area (Å²) < 4.78 is 15.9. The third-order valence-corrected chi connectivity index (χ3v) is 7.51. The first-order valence-corrected chi connectivity index (χ1v) is 11.6. The standard InChI is InChI=1S/C30H24O5/c1-33-20-13-11-17(12-14-20)24-22-10-6-8-19-16-30(28(31)34-2,29(32)35-3)27(25(19)22)23-15-18-7-4-5-9-21(18)26(23)24/h4-14H,15-16H2,1-3H3. The maximum absolute atomic E-state index is 13.4. The molecule has 0 saturated heterocycles. The monoisotopic (exact) mass is 464 g/mol. The van der Waals surface area contributed by atoms with E-state index in [2.05, 4.69) is 30.3 Å². The molecule has 0 heterocycles. The predicted molar refractivity (Wildman–Crippen MR) is 134 cm³/mol. The molecule has 174 valence electrons. The second kappa shape index (κ2) is 7.70. The van der Waals surface area contributed by atoms with Gasteiger partial charge in [0.25, 0.3) is 0 Å². The van der Waals surface area contributed by atoms with E-state index in [9.17, 15) is 9.59 Å². The smallest absolute Gasteiger partial charge is 0.328 e. The summed E-state index contributed by atoms with van der Waals surface area (Å²) in [6.45, 7) is 0. The van der Waals surface area contributed by atoms with E-state index in [1.165, 1.54) is 19.8 Å². The van der Waals surface area contributed by atoms with Crippen molar-refractivity contribution in [2.24, 2.45) is 0 Å². The lowest BCUT2D eigenvalue weighted by molar-refractivity contribution is -0.161. The summed E-state index contributed by atoms with van der Waals surface area (Å²) in [6, 6.07) is 22.4. The second-order valence-electron chi connectivity index (χ2n) is 9.07. The lowest BCUT2D eigenvalue weighted by Gasteiger charge is -2.27. The number of hydrogen-bond donors (Lipinski definition) is 0. The van der Waals surface area contributed by atoms with Gasteiger partial charge in [0.05, 0.1) is 21.3 Å². The van der Waals surface area contributed by atoms with Crippen molar-refractivity contribution in [2.75, 3.05) is 21.3 Å². The minimum Gasteiger partial charge on any atom is -0.497 e. The molecule has 0 radical (unpaired) electrons. The minimum absolute atomic E-state index is 0.216. The molecule has 0 bridgehead atoms. The zero-order valence-corrected chi connectivity index (χ0v) is 19.8. The molecule has 2 aliphatic carbocycles. The van der Waals surface area contributed by atoms with Gasteiger partial charge in [0, 0.05) is 6.42 Å². The van der Waals surface area contributed by atoms with Crippen molar-refractivity contribution in [3.8, 4) is 28.0 Å². The number of fused-ring (bicyclic) bond motifs is 4. The van der Waals surface area contributed by atoms with Crippen LogP contribution in [0.5, 0.6) is 5.75 Å². The van der Waals surface area contributed by atoms with Gasteiger partial charge in [0.15, 0.2) is 5.41 Å². The number of ether oxygens (including phenoxy) is 3. The Kier molecular flexibility index (Phi) is 4.71. The van der Waals surface area contributed by atoms with Crippen LogP contribution in [0.4, 0.5) is 0 Å². The van der Waals surface area contributed by atoms with Crippen molar-refractivity contribution in [2.45, 2.75) is 18.3 Å². The Morgan fingerprint density at radius 3 is 2.14 bits per heavy atom. The van der Waals surface area contributed by atoms with Gasteiger partial charge in [-0.15, -0.1) is 0 Å². The Labute approximate surface area is 203 Å². The third kappa shape index (κ3) is 2.75. The highest BCUT2D eigenvalue weighted by molar-refractivity contribution is 6.19. The van der Waals surface area contributed by atoms with Crippen LogP contribution in [0, 0.1) is 0 Å². The molecule has 0 unspecified atom stereocenters. The van der Waals surface area contributed by atoms with Gasteiger partial charge in [0.1, 0.15) is 5.75 Å². The van der Waals surface area contributed by atoms with Crippen molar-refractivity contribution in [1.29, 1.82) is 0 Å². The van der Waals surface area contributed by atoms with Crippen LogP contribution in [-0.2, 0) is 37.3 Å². The molecule has 0 aliphatic heterocycles. The summed E-state index contributed by atoms with van der Waals surface area (Å²) in [5.74, 6) is -0.387. The van der Waals surface area contributed by atoms with Crippen LogP contribution in [0.25, 0.3) is 33.0 Å². The first-order chi connectivity index (χ1) is 17.0. The lowest BCUT2D eigenvalue weighted by atomic mass is 9.76. The summed E-state index contributed by atoms with van der Waals surface area (Å²) in [5, 5.41) is 1.95.